The first-order valence-corrected chi connectivity index (χ1v) is 9.16. The molecule has 2 heterocycles. The quantitative estimate of drug-likeness (QED) is 0.710. The summed E-state index contributed by atoms with van der Waals surface area (Å²) >= 11 is 0. The number of piperazine rings is 1. The summed E-state index contributed by atoms with van der Waals surface area (Å²) in [6, 6.07) is 18.2. The monoisotopic (exact) mass is 349 g/mol. The van der Waals surface area contributed by atoms with Crippen LogP contribution in [0.1, 0.15) is 17.9 Å². The third-order valence-electron chi connectivity index (χ3n) is 4.86. The molecule has 3 aromatic rings. The van der Waals surface area contributed by atoms with E-state index in [0.717, 1.165) is 43.8 Å². The number of para-hydroxylation sites is 2. The van der Waals surface area contributed by atoms with Crippen LogP contribution in [0.25, 0.3) is 11.1 Å². The third kappa shape index (κ3) is 3.94. The first kappa shape index (κ1) is 16.8. The summed E-state index contributed by atoms with van der Waals surface area (Å²) in [6.45, 7) is 4.37. The van der Waals surface area contributed by atoms with E-state index >= 15 is 0 Å². The second kappa shape index (κ2) is 7.70. The maximum atomic E-state index is 12.5. The van der Waals surface area contributed by atoms with E-state index in [1.807, 2.05) is 35.2 Å². The molecule has 5 nitrogen and oxygen atoms in total. The molecule has 1 aliphatic heterocycles. The van der Waals surface area contributed by atoms with Gasteiger partial charge in [-0.2, -0.15) is 0 Å². The molecule has 4 rings (SSSR count). The van der Waals surface area contributed by atoms with Gasteiger partial charge in [0.2, 0.25) is 5.91 Å². The van der Waals surface area contributed by atoms with Crippen molar-refractivity contribution in [1.82, 2.24) is 14.8 Å². The lowest BCUT2D eigenvalue weighted by Crippen LogP contribution is -2.48. The number of amides is 1. The number of nitrogens with zero attached hydrogens (tertiary/aromatic N) is 3. The van der Waals surface area contributed by atoms with Gasteiger partial charge in [-0.25, -0.2) is 4.98 Å². The fourth-order valence-electron chi connectivity index (χ4n) is 3.40. The van der Waals surface area contributed by atoms with Crippen LogP contribution in [-0.4, -0.2) is 46.9 Å². The molecule has 0 unspecified atom stereocenters. The number of hydrogen-bond acceptors (Lipinski definition) is 4. The fourth-order valence-corrected chi connectivity index (χ4v) is 3.40. The van der Waals surface area contributed by atoms with Gasteiger partial charge in [0.25, 0.3) is 0 Å². The van der Waals surface area contributed by atoms with E-state index in [9.17, 15) is 4.79 Å². The van der Waals surface area contributed by atoms with E-state index in [-0.39, 0.29) is 5.91 Å². The van der Waals surface area contributed by atoms with E-state index in [1.165, 1.54) is 5.56 Å². The summed E-state index contributed by atoms with van der Waals surface area (Å²) in [5, 5.41) is 0. The van der Waals surface area contributed by atoms with Gasteiger partial charge < -0.3 is 9.32 Å². The fraction of sp³-hybridized carbons (Fsp3) is 0.333. The molecule has 0 aliphatic carbocycles. The van der Waals surface area contributed by atoms with Gasteiger partial charge in [0, 0.05) is 45.6 Å². The summed E-state index contributed by atoms with van der Waals surface area (Å²) in [5.41, 5.74) is 2.96. The van der Waals surface area contributed by atoms with Crippen molar-refractivity contribution >= 4 is 17.0 Å². The molecule has 0 atom stereocenters. The Kier molecular flexibility index (Phi) is 4.97. The molecular weight excluding hydrogens is 326 g/mol. The Balaban J connectivity index is 1.25. The van der Waals surface area contributed by atoms with Crippen molar-refractivity contribution in [2.75, 3.05) is 26.2 Å². The summed E-state index contributed by atoms with van der Waals surface area (Å²) < 4.78 is 5.70. The van der Waals surface area contributed by atoms with Crippen molar-refractivity contribution in [1.29, 1.82) is 0 Å². The lowest BCUT2D eigenvalue weighted by molar-refractivity contribution is -0.133. The highest BCUT2D eigenvalue weighted by atomic mass is 16.3. The summed E-state index contributed by atoms with van der Waals surface area (Å²) in [4.78, 5) is 21.3. The highest BCUT2D eigenvalue weighted by Crippen LogP contribution is 2.16. The van der Waals surface area contributed by atoms with Crippen LogP contribution in [0.2, 0.25) is 0 Å². The summed E-state index contributed by atoms with van der Waals surface area (Å²) in [5.74, 6) is 0.828. The molecular formula is C21H23N3O2. The molecule has 0 radical (unpaired) electrons. The molecule has 0 spiro atoms. The van der Waals surface area contributed by atoms with Crippen molar-refractivity contribution in [3.63, 3.8) is 0 Å². The number of aryl methyl sites for hydroxylation is 1. The van der Waals surface area contributed by atoms with Gasteiger partial charge in [-0.3, -0.25) is 9.69 Å². The maximum Gasteiger partial charge on any atom is 0.223 e. The van der Waals surface area contributed by atoms with Gasteiger partial charge in [0.05, 0.1) is 0 Å². The average Bonchev–Trinajstić information content (AvgIpc) is 3.10. The first-order chi connectivity index (χ1) is 12.8. The van der Waals surface area contributed by atoms with Crippen molar-refractivity contribution in [2.24, 2.45) is 0 Å². The van der Waals surface area contributed by atoms with E-state index in [2.05, 4.69) is 34.1 Å². The molecule has 134 valence electrons. The zero-order valence-corrected chi connectivity index (χ0v) is 14.8. The van der Waals surface area contributed by atoms with Gasteiger partial charge >= 0.3 is 0 Å². The van der Waals surface area contributed by atoms with Crippen LogP contribution in [0.15, 0.2) is 59.0 Å². The minimum atomic E-state index is 0.187. The Labute approximate surface area is 153 Å². The van der Waals surface area contributed by atoms with Gasteiger partial charge in [0.15, 0.2) is 11.5 Å². The number of rotatable bonds is 5. The van der Waals surface area contributed by atoms with Crippen molar-refractivity contribution < 1.29 is 9.21 Å². The van der Waals surface area contributed by atoms with Crippen LogP contribution >= 0.6 is 0 Å². The van der Waals surface area contributed by atoms with Gasteiger partial charge in [-0.1, -0.05) is 42.5 Å². The smallest absolute Gasteiger partial charge is 0.223 e. The van der Waals surface area contributed by atoms with Crippen LogP contribution in [0.4, 0.5) is 0 Å². The normalized spacial score (nSPS) is 15.5. The Morgan fingerprint density at radius 3 is 2.46 bits per heavy atom. The number of benzene rings is 2. The Hall–Kier alpha value is -2.66. The SMILES string of the molecule is O=C(CCc1nc2ccccc2o1)N1CCN(Cc2ccccc2)CC1. The zero-order chi connectivity index (χ0) is 17.8. The van der Waals surface area contributed by atoms with Gasteiger partial charge in [-0.05, 0) is 17.7 Å². The molecule has 0 N–H and O–H groups in total. The third-order valence-corrected chi connectivity index (χ3v) is 4.86. The van der Waals surface area contributed by atoms with Crippen LogP contribution in [0, 0.1) is 0 Å². The van der Waals surface area contributed by atoms with E-state index in [0.29, 0.717) is 18.7 Å². The molecule has 1 aromatic heterocycles. The number of fused-ring (bicyclic) bond motifs is 1. The molecule has 1 aliphatic rings. The number of oxazole rings is 1. The standard InChI is InChI=1S/C21H23N3O2/c25-21(11-10-20-22-18-8-4-5-9-19(18)26-20)24-14-12-23(13-15-24)16-17-6-2-1-3-7-17/h1-9H,10-16H2. The van der Waals surface area contributed by atoms with E-state index < -0.39 is 0 Å². The zero-order valence-electron chi connectivity index (χ0n) is 14.8. The number of carbonyl (C=O) groups is 1. The maximum absolute atomic E-state index is 12.5. The van der Waals surface area contributed by atoms with Gasteiger partial charge in [0.1, 0.15) is 5.52 Å². The molecule has 0 saturated carbocycles. The Morgan fingerprint density at radius 2 is 1.69 bits per heavy atom. The van der Waals surface area contributed by atoms with E-state index in [1.54, 1.807) is 0 Å². The molecule has 1 amide bonds. The molecule has 5 heteroatoms. The second-order valence-corrected chi connectivity index (χ2v) is 6.72. The van der Waals surface area contributed by atoms with E-state index in [4.69, 9.17) is 4.42 Å². The summed E-state index contributed by atoms with van der Waals surface area (Å²) in [6.07, 6.45) is 1.00. The largest absolute Gasteiger partial charge is 0.441 e. The lowest BCUT2D eigenvalue weighted by Gasteiger charge is -2.34. The molecule has 1 fully saturated rings. The molecule has 2 aromatic carbocycles. The highest BCUT2D eigenvalue weighted by molar-refractivity contribution is 5.77. The summed E-state index contributed by atoms with van der Waals surface area (Å²) in [7, 11) is 0. The molecule has 26 heavy (non-hydrogen) atoms. The van der Waals surface area contributed by atoms with Crippen molar-refractivity contribution in [2.45, 2.75) is 19.4 Å². The van der Waals surface area contributed by atoms with Crippen LogP contribution in [-0.2, 0) is 17.8 Å². The Morgan fingerprint density at radius 1 is 0.962 bits per heavy atom. The topological polar surface area (TPSA) is 49.6 Å². The van der Waals surface area contributed by atoms with Crippen molar-refractivity contribution in [3.8, 4) is 0 Å². The van der Waals surface area contributed by atoms with Gasteiger partial charge in [-0.15, -0.1) is 0 Å². The number of aromatic nitrogens is 1. The van der Waals surface area contributed by atoms with Crippen LogP contribution in [0.5, 0.6) is 0 Å². The minimum Gasteiger partial charge on any atom is -0.441 e. The second-order valence-electron chi connectivity index (χ2n) is 6.72. The highest BCUT2D eigenvalue weighted by Gasteiger charge is 2.21. The predicted molar refractivity (Wildman–Crippen MR) is 101 cm³/mol. The Bertz CT molecular complexity index is 834. The predicted octanol–water partition coefficient (Wildman–Crippen LogP) is 3.10. The van der Waals surface area contributed by atoms with Crippen LogP contribution < -0.4 is 0 Å². The van der Waals surface area contributed by atoms with Crippen LogP contribution in [0.3, 0.4) is 0 Å². The number of hydrogen-bond donors (Lipinski definition) is 0. The first-order valence-electron chi connectivity index (χ1n) is 9.16. The lowest BCUT2D eigenvalue weighted by atomic mass is 10.2. The molecule has 0 bridgehead atoms. The minimum absolute atomic E-state index is 0.187. The molecule has 1 saturated heterocycles. The average molecular weight is 349 g/mol. The van der Waals surface area contributed by atoms with Crippen molar-refractivity contribution in [3.05, 3.63) is 66.1 Å². The number of carbonyl (C=O) groups excluding carboxylic acids is 1.